The van der Waals surface area contributed by atoms with Crippen molar-refractivity contribution in [2.75, 3.05) is 20.3 Å². The van der Waals surface area contributed by atoms with Gasteiger partial charge in [0, 0.05) is 23.2 Å². The third-order valence-electron chi connectivity index (χ3n) is 3.62. The van der Waals surface area contributed by atoms with E-state index in [2.05, 4.69) is 28.2 Å². The molecule has 1 aliphatic heterocycles. The number of ether oxygens (including phenoxy) is 2. The Kier molecular flexibility index (Phi) is 5.18. The summed E-state index contributed by atoms with van der Waals surface area (Å²) in [6, 6.07) is 5.52. The summed E-state index contributed by atoms with van der Waals surface area (Å²) in [5, 5.41) is 3.55. The van der Waals surface area contributed by atoms with Crippen molar-refractivity contribution < 1.29 is 14.3 Å². The summed E-state index contributed by atoms with van der Waals surface area (Å²) in [5.74, 6) is -0.321. The first-order valence-electron chi connectivity index (χ1n) is 6.74. The molecular formula is C15H20BrNO3. The highest BCUT2D eigenvalue weighted by Gasteiger charge is 2.26. The molecule has 0 spiro atoms. The van der Waals surface area contributed by atoms with Gasteiger partial charge in [0.05, 0.1) is 19.3 Å². The van der Waals surface area contributed by atoms with Crippen molar-refractivity contribution in [2.45, 2.75) is 31.8 Å². The number of carbonyl (C=O) groups is 1. The molecule has 0 radical (unpaired) electrons. The topological polar surface area (TPSA) is 47.6 Å². The van der Waals surface area contributed by atoms with Gasteiger partial charge in [-0.15, -0.1) is 0 Å². The Balaban J connectivity index is 2.01. The predicted octanol–water partition coefficient (Wildman–Crippen LogP) is 2.89. The Bertz CT molecular complexity index is 484. The van der Waals surface area contributed by atoms with Crippen LogP contribution in [0.15, 0.2) is 22.7 Å². The summed E-state index contributed by atoms with van der Waals surface area (Å²) in [7, 11) is 1.38. The van der Waals surface area contributed by atoms with E-state index >= 15 is 0 Å². The lowest BCUT2D eigenvalue weighted by Crippen LogP contribution is -2.48. The van der Waals surface area contributed by atoms with Crippen molar-refractivity contribution >= 4 is 21.9 Å². The number of methoxy groups -OCH3 is 1. The van der Waals surface area contributed by atoms with Crippen molar-refractivity contribution in [3.05, 3.63) is 33.8 Å². The average molecular weight is 342 g/mol. The second kappa shape index (κ2) is 6.70. The smallest absolute Gasteiger partial charge is 0.337 e. The van der Waals surface area contributed by atoms with E-state index in [9.17, 15) is 4.79 Å². The molecule has 0 aromatic heterocycles. The zero-order chi connectivity index (χ0) is 14.6. The van der Waals surface area contributed by atoms with Gasteiger partial charge in [-0.05, 0) is 37.5 Å². The molecule has 4 nitrogen and oxygen atoms in total. The molecule has 0 bridgehead atoms. The maximum absolute atomic E-state index is 11.5. The Morgan fingerprint density at radius 2 is 2.35 bits per heavy atom. The molecule has 1 atom stereocenters. The monoisotopic (exact) mass is 341 g/mol. The summed E-state index contributed by atoms with van der Waals surface area (Å²) >= 11 is 3.51. The minimum atomic E-state index is -0.321. The van der Waals surface area contributed by atoms with Crippen LogP contribution < -0.4 is 5.32 Å². The van der Waals surface area contributed by atoms with Crippen molar-refractivity contribution in [3.8, 4) is 0 Å². The van der Waals surface area contributed by atoms with Crippen LogP contribution in [0.5, 0.6) is 0 Å². The number of hydrogen-bond donors (Lipinski definition) is 1. The number of carbonyl (C=O) groups excluding carboxylic acids is 1. The van der Waals surface area contributed by atoms with E-state index in [1.54, 1.807) is 12.1 Å². The van der Waals surface area contributed by atoms with Gasteiger partial charge < -0.3 is 14.8 Å². The summed E-state index contributed by atoms with van der Waals surface area (Å²) in [6.07, 6.45) is 2.21. The van der Waals surface area contributed by atoms with E-state index in [1.165, 1.54) is 7.11 Å². The van der Waals surface area contributed by atoms with Crippen LogP contribution in [0.4, 0.5) is 0 Å². The van der Waals surface area contributed by atoms with Crippen LogP contribution in [0.1, 0.15) is 35.7 Å². The van der Waals surface area contributed by atoms with E-state index < -0.39 is 0 Å². The second-order valence-electron chi connectivity index (χ2n) is 5.37. The van der Waals surface area contributed by atoms with Gasteiger partial charge in [-0.2, -0.15) is 0 Å². The maximum atomic E-state index is 11.5. The van der Waals surface area contributed by atoms with E-state index in [1.807, 2.05) is 6.07 Å². The maximum Gasteiger partial charge on any atom is 0.337 e. The van der Waals surface area contributed by atoms with E-state index in [4.69, 9.17) is 9.47 Å². The molecule has 1 aromatic rings. The van der Waals surface area contributed by atoms with E-state index in [0.717, 1.165) is 42.6 Å². The Labute approximate surface area is 128 Å². The SMILES string of the molecule is COC(=O)c1ccc(CNC2(C)CCCOC2)c(Br)c1. The largest absolute Gasteiger partial charge is 0.465 e. The number of halogens is 1. The highest BCUT2D eigenvalue weighted by molar-refractivity contribution is 9.10. The lowest BCUT2D eigenvalue weighted by molar-refractivity contribution is 0.0277. The highest BCUT2D eigenvalue weighted by Crippen LogP contribution is 2.22. The van der Waals surface area contributed by atoms with Crippen molar-refractivity contribution in [1.29, 1.82) is 0 Å². The van der Waals surface area contributed by atoms with Crippen LogP contribution in [-0.4, -0.2) is 31.8 Å². The number of hydrogen-bond acceptors (Lipinski definition) is 4. The lowest BCUT2D eigenvalue weighted by atomic mass is 9.94. The third kappa shape index (κ3) is 3.81. The van der Waals surface area contributed by atoms with Gasteiger partial charge in [-0.1, -0.05) is 22.0 Å². The first-order chi connectivity index (χ1) is 9.54. The molecule has 0 aliphatic carbocycles. The number of benzene rings is 1. The van der Waals surface area contributed by atoms with Gasteiger partial charge in [0.25, 0.3) is 0 Å². The fourth-order valence-corrected chi connectivity index (χ4v) is 2.84. The molecule has 1 N–H and O–H groups in total. The minimum absolute atomic E-state index is 0.0265. The molecule has 5 heteroatoms. The quantitative estimate of drug-likeness (QED) is 0.855. The van der Waals surface area contributed by atoms with Crippen LogP contribution in [0.3, 0.4) is 0 Å². The van der Waals surface area contributed by atoms with Crippen LogP contribution >= 0.6 is 15.9 Å². The molecule has 1 saturated heterocycles. The average Bonchev–Trinajstić information content (AvgIpc) is 2.46. The van der Waals surface area contributed by atoms with Gasteiger partial charge >= 0.3 is 5.97 Å². The van der Waals surface area contributed by atoms with Crippen molar-refractivity contribution in [1.82, 2.24) is 5.32 Å². The summed E-state index contributed by atoms with van der Waals surface area (Å²) in [6.45, 7) is 4.52. The van der Waals surface area contributed by atoms with Gasteiger partial charge in [0.2, 0.25) is 0 Å². The Morgan fingerprint density at radius 1 is 1.55 bits per heavy atom. The molecule has 1 heterocycles. The standard InChI is InChI=1S/C15H20BrNO3/c1-15(6-3-7-20-10-15)17-9-12-5-4-11(8-13(12)16)14(18)19-2/h4-5,8,17H,3,6-7,9-10H2,1-2H3. The molecule has 20 heavy (non-hydrogen) atoms. The number of esters is 1. The summed E-state index contributed by atoms with van der Waals surface area (Å²) in [4.78, 5) is 11.5. The molecule has 0 saturated carbocycles. The minimum Gasteiger partial charge on any atom is -0.465 e. The first kappa shape index (κ1) is 15.5. The molecule has 1 fully saturated rings. The first-order valence-corrected chi connectivity index (χ1v) is 7.53. The molecule has 1 aromatic carbocycles. The summed E-state index contributed by atoms with van der Waals surface area (Å²) in [5.41, 5.74) is 1.69. The Morgan fingerprint density at radius 3 is 2.95 bits per heavy atom. The van der Waals surface area contributed by atoms with Gasteiger partial charge in [-0.25, -0.2) is 4.79 Å². The highest BCUT2D eigenvalue weighted by atomic mass is 79.9. The molecule has 1 aliphatic rings. The number of rotatable bonds is 4. The van der Waals surface area contributed by atoms with Gasteiger partial charge in [0.1, 0.15) is 0 Å². The molecule has 1 unspecified atom stereocenters. The summed E-state index contributed by atoms with van der Waals surface area (Å²) < 4.78 is 11.2. The Hall–Kier alpha value is -0.910. The molecule has 0 amide bonds. The number of nitrogens with one attached hydrogen (secondary N) is 1. The van der Waals surface area contributed by atoms with E-state index in [0.29, 0.717) is 5.56 Å². The fraction of sp³-hybridized carbons (Fsp3) is 0.533. The second-order valence-corrected chi connectivity index (χ2v) is 6.22. The van der Waals surface area contributed by atoms with Crippen molar-refractivity contribution in [3.63, 3.8) is 0 Å². The van der Waals surface area contributed by atoms with Gasteiger partial charge in [0.15, 0.2) is 0 Å². The molecule has 2 rings (SSSR count). The van der Waals surface area contributed by atoms with E-state index in [-0.39, 0.29) is 11.5 Å². The zero-order valence-electron chi connectivity index (χ0n) is 11.9. The van der Waals surface area contributed by atoms with Crippen LogP contribution in [-0.2, 0) is 16.0 Å². The van der Waals surface area contributed by atoms with Crippen LogP contribution in [0.25, 0.3) is 0 Å². The van der Waals surface area contributed by atoms with Gasteiger partial charge in [-0.3, -0.25) is 0 Å². The van der Waals surface area contributed by atoms with Crippen LogP contribution in [0, 0.1) is 0 Å². The van der Waals surface area contributed by atoms with Crippen molar-refractivity contribution in [2.24, 2.45) is 0 Å². The molecular weight excluding hydrogens is 322 g/mol. The zero-order valence-corrected chi connectivity index (χ0v) is 13.5. The fourth-order valence-electron chi connectivity index (χ4n) is 2.32. The predicted molar refractivity (Wildman–Crippen MR) is 80.8 cm³/mol. The molecule has 110 valence electrons. The normalized spacial score (nSPS) is 22.6. The third-order valence-corrected chi connectivity index (χ3v) is 4.36. The van der Waals surface area contributed by atoms with Crippen LogP contribution in [0.2, 0.25) is 0 Å². The lowest BCUT2D eigenvalue weighted by Gasteiger charge is -2.34.